The molecule has 0 spiro atoms. The molecule has 3 atom stereocenters. The van der Waals surface area contributed by atoms with Crippen LogP contribution < -0.4 is 11.5 Å². The topological polar surface area (TPSA) is 106 Å². The van der Waals surface area contributed by atoms with Gasteiger partial charge in [-0.3, -0.25) is 9.59 Å². The fourth-order valence-electron chi connectivity index (χ4n) is 1.70. The Labute approximate surface area is 80.3 Å². The summed E-state index contributed by atoms with van der Waals surface area (Å²) >= 11 is 0. The third-order valence-corrected chi connectivity index (χ3v) is 2.79. The van der Waals surface area contributed by atoms with E-state index in [2.05, 4.69) is 0 Å². The summed E-state index contributed by atoms with van der Waals surface area (Å²) in [6, 6.07) is -0.693. The number of carboxylic acid groups (broad SMARTS) is 1. The average Bonchev–Trinajstić information content (AvgIpc) is 2.09. The maximum Gasteiger partial charge on any atom is 0.319 e. The number of carboxylic acids is 1. The Balaban J connectivity index is 2.91. The monoisotopic (exact) mass is 204 g/mol. The van der Waals surface area contributed by atoms with Gasteiger partial charge in [-0.2, -0.15) is 0 Å². The zero-order chi connectivity index (χ0) is 10.9. The van der Waals surface area contributed by atoms with E-state index in [-0.39, 0.29) is 12.8 Å². The van der Waals surface area contributed by atoms with Crippen LogP contribution in [-0.4, -0.2) is 29.2 Å². The second-order valence-electron chi connectivity index (χ2n) is 3.67. The molecular formula is C8H13FN2O3. The molecule has 0 radical (unpaired) electrons. The molecule has 0 heterocycles. The lowest BCUT2D eigenvalue weighted by atomic mass is 9.71. The summed E-state index contributed by atoms with van der Waals surface area (Å²) in [5, 5.41) is 8.85. The second-order valence-corrected chi connectivity index (χ2v) is 3.67. The molecule has 0 aromatic rings. The number of amides is 1. The van der Waals surface area contributed by atoms with Gasteiger partial charge in [0.15, 0.2) is 0 Å². The van der Waals surface area contributed by atoms with Crippen LogP contribution >= 0.6 is 0 Å². The fourth-order valence-corrected chi connectivity index (χ4v) is 1.70. The van der Waals surface area contributed by atoms with Crippen LogP contribution in [0.2, 0.25) is 0 Å². The normalized spacial score (nSPS) is 37.9. The van der Waals surface area contributed by atoms with Gasteiger partial charge in [0.05, 0.1) is 0 Å². The number of primary amides is 1. The predicted octanol–water partition coefficient (Wildman–Crippen LogP) is -0.608. The maximum atomic E-state index is 13.2. The van der Waals surface area contributed by atoms with Crippen molar-refractivity contribution in [2.24, 2.45) is 16.9 Å². The molecule has 1 aliphatic carbocycles. The minimum absolute atomic E-state index is 0.0131. The quantitative estimate of drug-likeness (QED) is 0.521. The molecule has 0 aromatic heterocycles. The van der Waals surface area contributed by atoms with Crippen molar-refractivity contribution in [2.75, 3.05) is 0 Å². The van der Waals surface area contributed by atoms with Crippen LogP contribution in [0.4, 0.5) is 4.39 Å². The zero-order valence-corrected chi connectivity index (χ0v) is 7.57. The molecule has 0 aliphatic heterocycles. The molecule has 1 fully saturated rings. The lowest BCUT2D eigenvalue weighted by Crippen LogP contribution is -2.52. The average molecular weight is 204 g/mol. The van der Waals surface area contributed by atoms with E-state index in [0.717, 1.165) is 0 Å². The van der Waals surface area contributed by atoms with Crippen molar-refractivity contribution in [2.45, 2.75) is 31.5 Å². The molecule has 80 valence electrons. The molecule has 5 N–H and O–H groups in total. The Hall–Kier alpha value is -1.17. The molecule has 5 nitrogen and oxygen atoms in total. The van der Waals surface area contributed by atoms with E-state index in [4.69, 9.17) is 16.6 Å². The van der Waals surface area contributed by atoms with Crippen LogP contribution in [0.3, 0.4) is 0 Å². The maximum absolute atomic E-state index is 13.2. The van der Waals surface area contributed by atoms with Gasteiger partial charge in [-0.05, 0) is 12.8 Å². The number of hydrogen-bond donors (Lipinski definition) is 3. The number of nitrogens with two attached hydrogens (primary N) is 2. The van der Waals surface area contributed by atoms with E-state index >= 15 is 0 Å². The minimum Gasteiger partial charge on any atom is -0.480 e. The highest BCUT2D eigenvalue weighted by Gasteiger charge is 2.50. The standard InChI is InChI=1S/C8H13FN2O3/c9-4-3-8(6(11)12,7(13)14)2-1-5(4)10/h4-5H,1-3,10H2,(H2,11,12)(H,13,14)/t4-,5+,8+/m0/s1. The lowest BCUT2D eigenvalue weighted by Gasteiger charge is -2.35. The van der Waals surface area contributed by atoms with E-state index in [1.807, 2.05) is 0 Å². The van der Waals surface area contributed by atoms with Crippen molar-refractivity contribution < 1.29 is 19.1 Å². The first-order valence-corrected chi connectivity index (χ1v) is 4.33. The summed E-state index contributed by atoms with van der Waals surface area (Å²) in [5.74, 6) is -2.35. The summed E-state index contributed by atoms with van der Waals surface area (Å²) in [4.78, 5) is 21.9. The van der Waals surface area contributed by atoms with Crippen LogP contribution in [0.15, 0.2) is 0 Å². The summed E-state index contributed by atoms with van der Waals surface area (Å²) < 4.78 is 13.2. The highest BCUT2D eigenvalue weighted by Crippen LogP contribution is 2.37. The minimum atomic E-state index is -1.77. The van der Waals surface area contributed by atoms with E-state index in [1.165, 1.54) is 0 Å². The lowest BCUT2D eigenvalue weighted by molar-refractivity contribution is -0.158. The Morgan fingerprint density at radius 1 is 1.50 bits per heavy atom. The largest absolute Gasteiger partial charge is 0.480 e. The Morgan fingerprint density at radius 2 is 2.07 bits per heavy atom. The van der Waals surface area contributed by atoms with Gasteiger partial charge in [-0.15, -0.1) is 0 Å². The van der Waals surface area contributed by atoms with Crippen molar-refractivity contribution in [3.8, 4) is 0 Å². The van der Waals surface area contributed by atoms with E-state index in [9.17, 15) is 14.0 Å². The van der Waals surface area contributed by atoms with Gasteiger partial charge in [0, 0.05) is 12.5 Å². The number of hydrogen-bond acceptors (Lipinski definition) is 3. The van der Waals surface area contributed by atoms with Crippen LogP contribution in [0, 0.1) is 5.41 Å². The number of aliphatic carboxylic acids is 1. The molecule has 1 aliphatic rings. The first-order valence-electron chi connectivity index (χ1n) is 4.33. The molecular weight excluding hydrogens is 191 g/mol. The van der Waals surface area contributed by atoms with E-state index in [1.54, 1.807) is 0 Å². The molecule has 14 heavy (non-hydrogen) atoms. The second kappa shape index (κ2) is 3.53. The van der Waals surface area contributed by atoms with E-state index < -0.39 is 35.9 Å². The Kier molecular flexibility index (Phi) is 2.75. The molecule has 0 bridgehead atoms. The third kappa shape index (κ3) is 1.57. The van der Waals surface area contributed by atoms with Gasteiger partial charge in [0.25, 0.3) is 0 Å². The fraction of sp³-hybridized carbons (Fsp3) is 0.750. The number of carbonyl (C=O) groups excluding carboxylic acids is 1. The number of carbonyl (C=O) groups is 2. The third-order valence-electron chi connectivity index (χ3n) is 2.79. The molecule has 1 rings (SSSR count). The van der Waals surface area contributed by atoms with Crippen LogP contribution in [0.5, 0.6) is 0 Å². The Morgan fingerprint density at radius 3 is 2.43 bits per heavy atom. The van der Waals surface area contributed by atoms with Gasteiger partial charge in [-0.1, -0.05) is 0 Å². The van der Waals surface area contributed by atoms with Gasteiger partial charge in [0.1, 0.15) is 11.6 Å². The Bertz CT molecular complexity index is 255. The van der Waals surface area contributed by atoms with Crippen molar-refractivity contribution in [1.29, 1.82) is 0 Å². The molecule has 0 unspecified atom stereocenters. The first-order chi connectivity index (χ1) is 6.40. The molecule has 6 heteroatoms. The van der Waals surface area contributed by atoms with Crippen LogP contribution in [-0.2, 0) is 9.59 Å². The molecule has 1 saturated carbocycles. The molecule has 0 aromatic carbocycles. The predicted molar refractivity (Wildman–Crippen MR) is 46.0 cm³/mol. The van der Waals surface area contributed by atoms with Crippen LogP contribution in [0.25, 0.3) is 0 Å². The smallest absolute Gasteiger partial charge is 0.319 e. The van der Waals surface area contributed by atoms with Crippen molar-refractivity contribution in [1.82, 2.24) is 0 Å². The van der Waals surface area contributed by atoms with Gasteiger partial charge in [-0.25, -0.2) is 4.39 Å². The van der Waals surface area contributed by atoms with Crippen molar-refractivity contribution >= 4 is 11.9 Å². The SMILES string of the molecule is NC(=O)[C@@]1(C(=O)O)CC[C@@H](N)[C@@H](F)C1. The summed E-state index contributed by atoms with van der Waals surface area (Å²) in [5.41, 5.74) is 8.59. The number of rotatable bonds is 2. The van der Waals surface area contributed by atoms with Crippen molar-refractivity contribution in [3.05, 3.63) is 0 Å². The number of alkyl halides is 1. The molecule has 1 amide bonds. The summed E-state index contributed by atoms with van der Waals surface area (Å²) in [6.45, 7) is 0. The van der Waals surface area contributed by atoms with Gasteiger partial charge < -0.3 is 16.6 Å². The summed E-state index contributed by atoms with van der Waals surface area (Å²) in [6.07, 6.45) is -1.72. The first kappa shape index (κ1) is 10.9. The van der Waals surface area contributed by atoms with Crippen LogP contribution in [0.1, 0.15) is 19.3 Å². The van der Waals surface area contributed by atoms with Gasteiger partial charge in [0.2, 0.25) is 5.91 Å². The molecule has 0 saturated heterocycles. The number of halogens is 1. The highest BCUT2D eigenvalue weighted by molar-refractivity contribution is 6.01. The van der Waals surface area contributed by atoms with Crippen molar-refractivity contribution in [3.63, 3.8) is 0 Å². The van der Waals surface area contributed by atoms with Gasteiger partial charge >= 0.3 is 5.97 Å². The van der Waals surface area contributed by atoms with E-state index in [0.29, 0.717) is 0 Å². The highest BCUT2D eigenvalue weighted by atomic mass is 19.1. The summed E-state index contributed by atoms with van der Waals surface area (Å²) in [7, 11) is 0. The zero-order valence-electron chi connectivity index (χ0n) is 7.57.